The van der Waals surface area contributed by atoms with Crippen LogP contribution in [0.3, 0.4) is 0 Å². The molecule has 3 atom stereocenters. The molecule has 0 spiro atoms. The number of aliphatic hydroxyl groups is 1. The van der Waals surface area contributed by atoms with E-state index in [4.69, 9.17) is 0 Å². The summed E-state index contributed by atoms with van der Waals surface area (Å²) in [5.74, 6) is 0.717. The molecule has 0 bridgehead atoms. The highest BCUT2D eigenvalue weighted by molar-refractivity contribution is 5.94. The number of rotatable bonds is 1. The normalized spacial score (nSPS) is 30.8. The lowest BCUT2D eigenvalue weighted by atomic mass is 9.77. The van der Waals surface area contributed by atoms with Gasteiger partial charge in [-0.05, 0) is 50.2 Å². The minimum atomic E-state index is -0.231. The van der Waals surface area contributed by atoms with Crippen LogP contribution in [0.15, 0.2) is 30.3 Å². The first-order chi connectivity index (χ1) is 9.25. The van der Waals surface area contributed by atoms with Gasteiger partial charge in [0, 0.05) is 18.2 Å². The number of hydrogen-bond donors (Lipinski definition) is 1. The first-order valence-corrected chi connectivity index (χ1v) is 7.30. The fourth-order valence-electron chi connectivity index (χ4n) is 3.59. The molecule has 1 saturated heterocycles. The first-order valence-electron chi connectivity index (χ1n) is 7.30. The second kappa shape index (κ2) is 5.33. The van der Waals surface area contributed by atoms with E-state index >= 15 is 0 Å². The molecule has 1 saturated carbocycles. The predicted octanol–water partition coefficient (Wildman–Crippen LogP) is 2.45. The maximum absolute atomic E-state index is 12.6. The topological polar surface area (TPSA) is 40.5 Å². The highest BCUT2D eigenvalue weighted by Crippen LogP contribution is 2.36. The highest BCUT2D eigenvalue weighted by Gasteiger charge is 2.38. The molecule has 1 aromatic rings. The van der Waals surface area contributed by atoms with Crippen LogP contribution in [0.5, 0.6) is 0 Å². The van der Waals surface area contributed by atoms with Crippen LogP contribution in [0.2, 0.25) is 0 Å². The van der Waals surface area contributed by atoms with Gasteiger partial charge in [0.05, 0.1) is 6.10 Å². The van der Waals surface area contributed by atoms with E-state index < -0.39 is 0 Å². The highest BCUT2D eigenvalue weighted by atomic mass is 16.3. The Hall–Kier alpha value is -1.35. The lowest BCUT2D eigenvalue weighted by Crippen LogP contribution is -2.51. The molecule has 1 N–H and O–H groups in total. The van der Waals surface area contributed by atoms with Gasteiger partial charge >= 0.3 is 0 Å². The molecule has 102 valence electrons. The van der Waals surface area contributed by atoms with Crippen LogP contribution in [0.25, 0.3) is 0 Å². The van der Waals surface area contributed by atoms with Crippen molar-refractivity contribution in [3.63, 3.8) is 0 Å². The van der Waals surface area contributed by atoms with E-state index in [9.17, 15) is 9.90 Å². The second-order valence-corrected chi connectivity index (χ2v) is 5.80. The van der Waals surface area contributed by atoms with Gasteiger partial charge < -0.3 is 10.0 Å². The first kappa shape index (κ1) is 12.7. The Kier molecular flexibility index (Phi) is 3.56. The molecule has 19 heavy (non-hydrogen) atoms. The Morgan fingerprint density at radius 3 is 2.74 bits per heavy atom. The van der Waals surface area contributed by atoms with E-state index in [-0.39, 0.29) is 18.1 Å². The van der Waals surface area contributed by atoms with E-state index in [0.717, 1.165) is 37.8 Å². The van der Waals surface area contributed by atoms with Crippen molar-refractivity contribution in [1.82, 2.24) is 4.90 Å². The summed E-state index contributed by atoms with van der Waals surface area (Å²) in [7, 11) is 0. The Labute approximate surface area is 114 Å². The number of benzene rings is 1. The molecule has 3 heteroatoms. The minimum absolute atomic E-state index is 0.129. The molecule has 1 heterocycles. The van der Waals surface area contributed by atoms with Gasteiger partial charge in [-0.15, -0.1) is 0 Å². The molecular formula is C16H21NO2. The van der Waals surface area contributed by atoms with E-state index in [2.05, 4.69) is 0 Å². The summed E-state index contributed by atoms with van der Waals surface area (Å²) >= 11 is 0. The summed E-state index contributed by atoms with van der Waals surface area (Å²) in [5.41, 5.74) is 0.767. The third-order valence-corrected chi connectivity index (χ3v) is 4.58. The number of nitrogens with zero attached hydrogens (tertiary/aromatic N) is 1. The second-order valence-electron chi connectivity index (χ2n) is 5.80. The molecule has 1 amide bonds. The van der Waals surface area contributed by atoms with Crippen molar-refractivity contribution < 1.29 is 9.90 Å². The van der Waals surface area contributed by atoms with Gasteiger partial charge in [-0.3, -0.25) is 4.79 Å². The summed E-state index contributed by atoms with van der Waals surface area (Å²) < 4.78 is 0. The van der Waals surface area contributed by atoms with Crippen molar-refractivity contribution in [1.29, 1.82) is 0 Å². The molecule has 0 radical (unpaired) electrons. The van der Waals surface area contributed by atoms with Crippen molar-refractivity contribution >= 4 is 5.91 Å². The number of piperidine rings is 1. The van der Waals surface area contributed by atoms with Gasteiger partial charge in [-0.25, -0.2) is 0 Å². The van der Waals surface area contributed by atoms with Gasteiger partial charge in [0.15, 0.2) is 0 Å². The molecule has 0 aromatic heterocycles. The van der Waals surface area contributed by atoms with Crippen molar-refractivity contribution in [3.05, 3.63) is 35.9 Å². The monoisotopic (exact) mass is 259 g/mol. The Bertz CT molecular complexity index is 445. The standard InChI is InChI=1S/C16H21NO2/c18-14-9-8-12-7-4-10-17(15(12)11-14)16(19)13-5-2-1-3-6-13/h1-3,5-6,12,14-15,18H,4,7-11H2/t12-,14-,15-/m1/s1. The number of aliphatic hydroxyl groups excluding tert-OH is 1. The number of likely N-dealkylation sites (tertiary alicyclic amines) is 1. The average Bonchev–Trinajstić information content (AvgIpc) is 2.47. The number of hydrogen-bond acceptors (Lipinski definition) is 2. The van der Waals surface area contributed by atoms with Crippen LogP contribution in [0.1, 0.15) is 42.5 Å². The summed E-state index contributed by atoms with van der Waals surface area (Å²) in [5, 5.41) is 9.88. The van der Waals surface area contributed by atoms with Crippen LogP contribution in [-0.4, -0.2) is 34.6 Å². The van der Waals surface area contributed by atoms with Gasteiger partial charge in [-0.2, -0.15) is 0 Å². The number of amides is 1. The van der Waals surface area contributed by atoms with Crippen LogP contribution < -0.4 is 0 Å². The lowest BCUT2D eigenvalue weighted by Gasteiger charge is -2.45. The lowest BCUT2D eigenvalue weighted by molar-refractivity contribution is 0.00569. The van der Waals surface area contributed by atoms with Crippen molar-refractivity contribution in [2.45, 2.75) is 44.2 Å². The Morgan fingerprint density at radius 1 is 1.16 bits per heavy atom. The largest absolute Gasteiger partial charge is 0.393 e. The molecular weight excluding hydrogens is 238 g/mol. The summed E-state index contributed by atoms with van der Waals surface area (Å²) in [6, 6.07) is 9.75. The molecule has 3 rings (SSSR count). The summed E-state index contributed by atoms with van der Waals surface area (Å²) in [6.45, 7) is 0.835. The minimum Gasteiger partial charge on any atom is -0.393 e. The predicted molar refractivity (Wildman–Crippen MR) is 73.8 cm³/mol. The van der Waals surface area contributed by atoms with E-state index in [1.54, 1.807) is 0 Å². The van der Waals surface area contributed by atoms with Gasteiger partial charge in [-0.1, -0.05) is 18.2 Å². The van der Waals surface area contributed by atoms with E-state index in [1.165, 1.54) is 6.42 Å². The summed E-state index contributed by atoms with van der Waals surface area (Å²) in [6.07, 6.45) is 4.78. The van der Waals surface area contributed by atoms with Gasteiger partial charge in [0.1, 0.15) is 0 Å². The smallest absolute Gasteiger partial charge is 0.254 e. The molecule has 1 aliphatic carbocycles. The molecule has 1 aliphatic heterocycles. The number of carbonyl (C=O) groups excluding carboxylic acids is 1. The van der Waals surface area contributed by atoms with Crippen molar-refractivity contribution in [2.24, 2.45) is 5.92 Å². The maximum atomic E-state index is 12.6. The SMILES string of the molecule is O=C(c1ccccc1)N1CCC[C@@H]2CC[C@@H](O)C[C@H]21. The molecule has 2 fully saturated rings. The zero-order chi connectivity index (χ0) is 13.2. The van der Waals surface area contributed by atoms with E-state index in [1.807, 2.05) is 35.2 Å². The molecule has 1 aromatic carbocycles. The zero-order valence-corrected chi connectivity index (χ0v) is 11.2. The van der Waals surface area contributed by atoms with E-state index in [0.29, 0.717) is 5.92 Å². The Balaban J connectivity index is 1.80. The van der Waals surface area contributed by atoms with Crippen LogP contribution in [-0.2, 0) is 0 Å². The number of carbonyl (C=O) groups is 1. The Morgan fingerprint density at radius 2 is 1.95 bits per heavy atom. The van der Waals surface area contributed by atoms with Crippen molar-refractivity contribution in [2.75, 3.05) is 6.54 Å². The number of fused-ring (bicyclic) bond motifs is 1. The molecule has 2 aliphatic rings. The van der Waals surface area contributed by atoms with Crippen molar-refractivity contribution in [3.8, 4) is 0 Å². The van der Waals surface area contributed by atoms with Crippen LogP contribution in [0, 0.1) is 5.92 Å². The fourth-order valence-corrected chi connectivity index (χ4v) is 3.59. The third kappa shape index (κ3) is 2.52. The van der Waals surface area contributed by atoms with Gasteiger partial charge in [0.25, 0.3) is 5.91 Å². The summed E-state index contributed by atoms with van der Waals surface area (Å²) in [4.78, 5) is 14.6. The quantitative estimate of drug-likeness (QED) is 0.841. The molecule has 0 unspecified atom stereocenters. The van der Waals surface area contributed by atoms with Crippen LogP contribution in [0.4, 0.5) is 0 Å². The molecule has 3 nitrogen and oxygen atoms in total. The maximum Gasteiger partial charge on any atom is 0.254 e. The zero-order valence-electron chi connectivity index (χ0n) is 11.2. The third-order valence-electron chi connectivity index (χ3n) is 4.58. The average molecular weight is 259 g/mol. The fraction of sp³-hybridized carbons (Fsp3) is 0.562. The van der Waals surface area contributed by atoms with Crippen LogP contribution >= 0.6 is 0 Å². The van der Waals surface area contributed by atoms with Gasteiger partial charge in [0.2, 0.25) is 0 Å².